The molecule has 0 N–H and O–H groups in total. The van der Waals surface area contributed by atoms with Crippen LogP contribution in [0.3, 0.4) is 0 Å². The van der Waals surface area contributed by atoms with E-state index in [0.717, 1.165) is 46.8 Å². The fraction of sp³-hybridized carbons (Fsp3) is 0.333. The van der Waals surface area contributed by atoms with E-state index in [9.17, 15) is 14.9 Å². The number of benzene rings is 2. The molecule has 2 aromatic heterocycles. The summed E-state index contributed by atoms with van der Waals surface area (Å²) in [5.41, 5.74) is 5.57. The molecule has 2 aromatic carbocycles. The van der Waals surface area contributed by atoms with Crippen molar-refractivity contribution in [2.75, 3.05) is 26.2 Å². The molecule has 0 aliphatic carbocycles. The fourth-order valence-electron chi connectivity index (χ4n) is 4.97. The average molecular weight is 512 g/mol. The van der Waals surface area contributed by atoms with E-state index in [1.807, 2.05) is 47.5 Å². The molecular weight excluding hydrogens is 478 g/mol. The molecule has 1 saturated heterocycles. The zero-order valence-electron chi connectivity index (χ0n) is 22.1. The van der Waals surface area contributed by atoms with E-state index in [4.69, 9.17) is 4.98 Å². The molecule has 1 fully saturated rings. The monoisotopic (exact) mass is 511 g/mol. The maximum atomic E-state index is 12.7. The van der Waals surface area contributed by atoms with E-state index in [1.54, 1.807) is 12.1 Å². The van der Waals surface area contributed by atoms with Crippen LogP contribution in [0.15, 0.2) is 72.9 Å². The van der Waals surface area contributed by atoms with E-state index in [2.05, 4.69) is 42.2 Å². The first-order chi connectivity index (χ1) is 18.2. The first kappa shape index (κ1) is 25.6. The lowest BCUT2D eigenvalue weighted by atomic mass is 9.91. The number of hydrogen-bond donors (Lipinski definition) is 0. The van der Waals surface area contributed by atoms with Crippen molar-refractivity contribution in [2.24, 2.45) is 5.41 Å². The standard InChI is InChI=1S/C30H33N5O3/c1-30(2,3)19-28(36)33-16-14-32(15-17-33)21-26-29(22-8-5-4-6-9-22)31-27-13-12-24(20-34(26)27)23-10-7-11-25(18-23)35(37)38/h4-13,18,20H,14-17,19,21H2,1-3H3. The van der Waals surface area contributed by atoms with Gasteiger partial charge >= 0.3 is 0 Å². The largest absolute Gasteiger partial charge is 0.340 e. The Bertz CT molecular complexity index is 1460. The van der Waals surface area contributed by atoms with Gasteiger partial charge in [-0.1, -0.05) is 63.2 Å². The second-order valence-corrected chi connectivity index (χ2v) is 11.1. The number of amides is 1. The number of fused-ring (bicyclic) bond motifs is 1. The zero-order chi connectivity index (χ0) is 26.9. The number of pyridine rings is 1. The Morgan fingerprint density at radius 3 is 2.32 bits per heavy atom. The molecule has 0 atom stereocenters. The third kappa shape index (κ3) is 5.60. The molecule has 0 bridgehead atoms. The average Bonchev–Trinajstić information content (AvgIpc) is 3.26. The first-order valence-corrected chi connectivity index (χ1v) is 13.0. The molecule has 196 valence electrons. The predicted molar refractivity (Wildman–Crippen MR) is 149 cm³/mol. The first-order valence-electron chi connectivity index (χ1n) is 13.0. The summed E-state index contributed by atoms with van der Waals surface area (Å²) >= 11 is 0. The van der Waals surface area contributed by atoms with Crippen LogP contribution in [0.25, 0.3) is 28.0 Å². The highest BCUT2D eigenvalue weighted by molar-refractivity contribution is 5.77. The van der Waals surface area contributed by atoms with Gasteiger partial charge in [-0.25, -0.2) is 4.98 Å². The van der Waals surface area contributed by atoms with Crippen molar-refractivity contribution >= 4 is 17.2 Å². The Balaban J connectivity index is 1.46. The van der Waals surface area contributed by atoms with E-state index < -0.39 is 0 Å². The van der Waals surface area contributed by atoms with E-state index >= 15 is 0 Å². The Hall–Kier alpha value is -4.04. The van der Waals surface area contributed by atoms with Crippen LogP contribution < -0.4 is 0 Å². The number of imidazole rings is 1. The van der Waals surface area contributed by atoms with Crippen molar-refractivity contribution in [1.82, 2.24) is 19.2 Å². The van der Waals surface area contributed by atoms with Crippen LogP contribution in [0.4, 0.5) is 5.69 Å². The molecule has 1 amide bonds. The number of nitro groups is 1. The maximum absolute atomic E-state index is 12.7. The molecule has 4 aromatic rings. The summed E-state index contributed by atoms with van der Waals surface area (Å²) in [6.45, 7) is 9.99. The normalized spacial score (nSPS) is 14.7. The topological polar surface area (TPSA) is 84.0 Å². The minimum atomic E-state index is -0.371. The second-order valence-electron chi connectivity index (χ2n) is 11.1. The highest BCUT2D eigenvalue weighted by Gasteiger charge is 2.26. The third-order valence-corrected chi connectivity index (χ3v) is 6.93. The Labute approximate surface area is 222 Å². The summed E-state index contributed by atoms with van der Waals surface area (Å²) in [6.07, 6.45) is 2.57. The van der Waals surface area contributed by atoms with Gasteiger partial charge in [-0.15, -0.1) is 0 Å². The number of non-ortho nitro benzene ring substituents is 1. The summed E-state index contributed by atoms with van der Waals surface area (Å²) < 4.78 is 2.10. The summed E-state index contributed by atoms with van der Waals surface area (Å²) in [5, 5.41) is 11.3. The molecular formula is C30H33N5O3. The van der Waals surface area contributed by atoms with Gasteiger partial charge in [0.2, 0.25) is 5.91 Å². The number of aromatic nitrogens is 2. The number of piperazine rings is 1. The van der Waals surface area contributed by atoms with Crippen LogP contribution in [0.1, 0.15) is 32.9 Å². The summed E-state index contributed by atoms with van der Waals surface area (Å²) in [5.74, 6) is 0.221. The number of nitrogens with zero attached hydrogens (tertiary/aromatic N) is 5. The van der Waals surface area contributed by atoms with Crippen LogP contribution in [0.5, 0.6) is 0 Å². The molecule has 8 nitrogen and oxygen atoms in total. The van der Waals surface area contributed by atoms with Crippen molar-refractivity contribution in [2.45, 2.75) is 33.7 Å². The van der Waals surface area contributed by atoms with Gasteiger partial charge in [0.15, 0.2) is 0 Å². The molecule has 3 heterocycles. The Morgan fingerprint density at radius 1 is 0.921 bits per heavy atom. The highest BCUT2D eigenvalue weighted by Crippen LogP contribution is 2.30. The minimum Gasteiger partial charge on any atom is -0.340 e. The van der Waals surface area contributed by atoms with Crippen molar-refractivity contribution in [3.8, 4) is 22.4 Å². The molecule has 0 saturated carbocycles. The lowest BCUT2D eigenvalue weighted by molar-refractivity contribution is -0.384. The fourth-order valence-corrected chi connectivity index (χ4v) is 4.97. The maximum Gasteiger partial charge on any atom is 0.270 e. The van der Waals surface area contributed by atoms with Crippen molar-refractivity contribution < 1.29 is 9.72 Å². The molecule has 38 heavy (non-hydrogen) atoms. The molecule has 0 spiro atoms. The molecule has 0 radical (unpaired) electrons. The van der Waals surface area contributed by atoms with Crippen LogP contribution >= 0.6 is 0 Å². The summed E-state index contributed by atoms with van der Waals surface area (Å²) in [7, 11) is 0. The van der Waals surface area contributed by atoms with Gasteiger partial charge in [0.05, 0.1) is 16.3 Å². The smallest absolute Gasteiger partial charge is 0.270 e. The zero-order valence-corrected chi connectivity index (χ0v) is 22.1. The number of carbonyl (C=O) groups is 1. The highest BCUT2D eigenvalue weighted by atomic mass is 16.6. The molecule has 0 unspecified atom stereocenters. The Morgan fingerprint density at radius 2 is 1.63 bits per heavy atom. The SMILES string of the molecule is CC(C)(C)CC(=O)N1CCN(Cc2c(-c3ccccc3)nc3ccc(-c4cccc([N+](=O)[O-])c4)cn23)CC1. The summed E-state index contributed by atoms with van der Waals surface area (Å²) in [4.78, 5) is 33.0. The van der Waals surface area contributed by atoms with Crippen molar-refractivity contribution in [1.29, 1.82) is 0 Å². The number of rotatable bonds is 6. The second kappa shape index (κ2) is 10.4. The van der Waals surface area contributed by atoms with Gasteiger partial charge in [-0.2, -0.15) is 0 Å². The van der Waals surface area contributed by atoms with Gasteiger partial charge in [-0.3, -0.25) is 19.8 Å². The lowest BCUT2D eigenvalue weighted by Crippen LogP contribution is -2.49. The van der Waals surface area contributed by atoms with Gasteiger partial charge < -0.3 is 9.30 Å². The van der Waals surface area contributed by atoms with Gasteiger partial charge in [0, 0.05) is 63.0 Å². The number of nitro benzene ring substituents is 1. The van der Waals surface area contributed by atoms with Gasteiger partial charge in [0.25, 0.3) is 5.69 Å². The molecule has 5 rings (SSSR count). The Kier molecular flexibility index (Phi) is 6.99. The van der Waals surface area contributed by atoms with Crippen molar-refractivity contribution in [3.63, 3.8) is 0 Å². The number of hydrogen-bond acceptors (Lipinski definition) is 5. The van der Waals surface area contributed by atoms with Gasteiger partial charge in [-0.05, 0) is 28.7 Å². The lowest BCUT2D eigenvalue weighted by Gasteiger charge is -2.36. The van der Waals surface area contributed by atoms with E-state index in [1.165, 1.54) is 6.07 Å². The molecule has 8 heteroatoms. The van der Waals surface area contributed by atoms with Crippen molar-refractivity contribution in [3.05, 3.63) is 88.7 Å². The van der Waals surface area contributed by atoms with E-state index in [-0.39, 0.29) is 21.9 Å². The van der Waals surface area contributed by atoms with E-state index in [0.29, 0.717) is 26.1 Å². The van der Waals surface area contributed by atoms with Crippen LogP contribution in [-0.2, 0) is 11.3 Å². The van der Waals surface area contributed by atoms with Crippen LogP contribution in [0, 0.1) is 15.5 Å². The molecule has 1 aliphatic heterocycles. The third-order valence-electron chi connectivity index (χ3n) is 6.93. The molecule has 1 aliphatic rings. The number of carbonyl (C=O) groups excluding carboxylic acids is 1. The van der Waals surface area contributed by atoms with Crippen LogP contribution in [0.2, 0.25) is 0 Å². The quantitative estimate of drug-likeness (QED) is 0.246. The van der Waals surface area contributed by atoms with Crippen LogP contribution in [-0.4, -0.2) is 56.2 Å². The summed E-state index contributed by atoms with van der Waals surface area (Å²) in [6, 6.07) is 20.8. The van der Waals surface area contributed by atoms with Gasteiger partial charge in [0.1, 0.15) is 5.65 Å². The predicted octanol–water partition coefficient (Wildman–Crippen LogP) is 5.66. The minimum absolute atomic E-state index is 0.0216.